The Labute approximate surface area is 337 Å². The minimum Gasteiger partial charge on any atom is -0.387 e. The molecule has 54 heavy (non-hydrogen) atoms. The molecule has 0 aromatic heterocycles. The standard InChI is InChI=1S/C47H93NO5S/c1-3-5-7-9-11-13-15-17-19-21-23-24-25-27-29-31-33-35-37-39-41-43-47(50)48-45(44-54(51,52)53)46(49)42-40-38-36-34-32-30-28-26-22-20-18-16-14-12-10-8-6-4-2/h40,42,45-46,49H,3-39,41,43-44H2,1-2H3,(H,48,50)(H,51,52,53)/b42-40+. The highest BCUT2D eigenvalue weighted by Crippen LogP contribution is 2.17. The van der Waals surface area contributed by atoms with E-state index in [9.17, 15) is 22.9 Å². The van der Waals surface area contributed by atoms with Crippen LogP contribution in [0, 0.1) is 0 Å². The first kappa shape index (κ1) is 53.1. The zero-order valence-corrected chi connectivity index (χ0v) is 36.9. The molecule has 0 radical (unpaired) electrons. The summed E-state index contributed by atoms with van der Waals surface area (Å²) in [5.74, 6) is -0.963. The van der Waals surface area contributed by atoms with Gasteiger partial charge in [0.15, 0.2) is 0 Å². The topological polar surface area (TPSA) is 104 Å². The van der Waals surface area contributed by atoms with Crippen molar-refractivity contribution >= 4 is 16.0 Å². The van der Waals surface area contributed by atoms with E-state index >= 15 is 0 Å². The van der Waals surface area contributed by atoms with Gasteiger partial charge in [-0.05, 0) is 19.3 Å². The third-order valence-corrected chi connectivity index (χ3v) is 12.0. The number of amides is 1. The summed E-state index contributed by atoms with van der Waals surface area (Å²) in [5, 5.41) is 13.3. The summed E-state index contributed by atoms with van der Waals surface area (Å²) >= 11 is 0. The number of nitrogens with one attached hydrogen (secondary N) is 1. The highest BCUT2D eigenvalue weighted by atomic mass is 32.2. The quantitative estimate of drug-likeness (QED) is 0.0324. The average Bonchev–Trinajstić information content (AvgIpc) is 3.14. The molecule has 0 rings (SSSR count). The summed E-state index contributed by atoms with van der Waals surface area (Å²) in [7, 11) is -4.34. The second kappa shape index (κ2) is 41.7. The SMILES string of the molecule is CCCCCCCCCCCCCCCCCC/C=C/C(O)C(CS(=O)(=O)O)NC(=O)CCCCCCCCCCCCCCCCCCCCCCC. The fourth-order valence-electron chi connectivity index (χ4n) is 7.63. The first-order valence-electron chi connectivity index (χ1n) is 23.9. The van der Waals surface area contributed by atoms with Crippen LogP contribution in [0.4, 0.5) is 0 Å². The molecule has 2 atom stereocenters. The second-order valence-electron chi connectivity index (χ2n) is 16.8. The van der Waals surface area contributed by atoms with E-state index in [4.69, 9.17) is 0 Å². The summed E-state index contributed by atoms with van der Waals surface area (Å²) in [6.45, 7) is 4.55. The molecule has 0 saturated heterocycles. The number of carbonyl (C=O) groups excluding carboxylic acids is 1. The van der Waals surface area contributed by atoms with Crippen molar-refractivity contribution in [3.05, 3.63) is 12.2 Å². The van der Waals surface area contributed by atoms with Gasteiger partial charge in [-0.15, -0.1) is 0 Å². The van der Waals surface area contributed by atoms with Crippen molar-refractivity contribution in [1.82, 2.24) is 5.32 Å². The Morgan fingerprint density at radius 1 is 0.481 bits per heavy atom. The van der Waals surface area contributed by atoms with Crippen LogP contribution in [0.25, 0.3) is 0 Å². The van der Waals surface area contributed by atoms with Crippen molar-refractivity contribution in [2.24, 2.45) is 0 Å². The van der Waals surface area contributed by atoms with E-state index in [0.717, 1.165) is 38.5 Å². The van der Waals surface area contributed by atoms with Crippen LogP contribution in [-0.4, -0.2) is 41.9 Å². The Bertz CT molecular complexity index is 908. The van der Waals surface area contributed by atoms with Gasteiger partial charge in [-0.25, -0.2) is 0 Å². The zero-order valence-electron chi connectivity index (χ0n) is 36.1. The fourth-order valence-corrected chi connectivity index (χ4v) is 8.36. The van der Waals surface area contributed by atoms with Crippen LogP contribution in [0.1, 0.15) is 264 Å². The molecule has 322 valence electrons. The van der Waals surface area contributed by atoms with Crippen molar-refractivity contribution < 1.29 is 22.9 Å². The lowest BCUT2D eigenvalue weighted by molar-refractivity contribution is -0.122. The van der Waals surface area contributed by atoms with E-state index in [1.807, 2.05) is 6.08 Å². The maximum Gasteiger partial charge on any atom is 0.267 e. The Kier molecular flexibility index (Phi) is 41.0. The van der Waals surface area contributed by atoms with Gasteiger partial charge in [0.25, 0.3) is 10.1 Å². The Morgan fingerprint density at radius 2 is 0.759 bits per heavy atom. The number of unbranched alkanes of at least 4 members (excludes halogenated alkanes) is 36. The molecular weight excluding hydrogens is 691 g/mol. The summed E-state index contributed by atoms with van der Waals surface area (Å²) in [6, 6.07) is -1.05. The minimum absolute atomic E-state index is 0.272. The molecule has 0 aliphatic carbocycles. The highest BCUT2D eigenvalue weighted by Gasteiger charge is 2.24. The molecule has 0 aromatic rings. The monoisotopic (exact) mass is 784 g/mol. The number of allylic oxidation sites excluding steroid dienone is 1. The van der Waals surface area contributed by atoms with Gasteiger partial charge in [0.05, 0.1) is 17.9 Å². The number of rotatable bonds is 44. The number of hydrogen-bond donors (Lipinski definition) is 3. The zero-order chi connectivity index (χ0) is 39.6. The third kappa shape index (κ3) is 42.2. The van der Waals surface area contributed by atoms with Crippen LogP contribution in [0.3, 0.4) is 0 Å². The van der Waals surface area contributed by atoms with E-state index in [1.54, 1.807) is 6.08 Å². The van der Waals surface area contributed by atoms with Crippen LogP contribution < -0.4 is 5.32 Å². The third-order valence-electron chi connectivity index (χ3n) is 11.2. The number of aliphatic hydroxyl groups is 1. The van der Waals surface area contributed by atoms with Gasteiger partial charge in [-0.3, -0.25) is 9.35 Å². The lowest BCUT2D eigenvalue weighted by Gasteiger charge is -2.21. The van der Waals surface area contributed by atoms with Crippen molar-refractivity contribution in [2.45, 2.75) is 276 Å². The molecule has 0 aromatic carbocycles. The van der Waals surface area contributed by atoms with Crippen LogP contribution in [0.2, 0.25) is 0 Å². The normalized spacial score (nSPS) is 13.2. The molecule has 1 amide bonds. The van der Waals surface area contributed by atoms with Crippen molar-refractivity contribution in [1.29, 1.82) is 0 Å². The van der Waals surface area contributed by atoms with E-state index in [1.165, 1.54) is 205 Å². The smallest absolute Gasteiger partial charge is 0.267 e. The molecule has 0 fully saturated rings. The largest absolute Gasteiger partial charge is 0.387 e. The van der Waals surface area contributed by atoms with Gasteiger partial charge < -0.3 is 10.4 Å². The minimum atomic E-state index is -4.34. The van der Waals surface area contributed by atoms with Crippen LogP contribution in [0.5, 0.6) is 0 Å². The van der Waals surface area contributed by atoms with E-state index in [0.29, 0.717) is 6.42 Å². The lowest BCUT2D eigenvalue weighted by atomic mass is 10.0. The maximum absolute atomic E-state index is 12.6. The van der Waals surface area contributed by atoms with Gasteiger partial charge in [-0.1, -0.05) is 251 Å². The molecule has 3 N–H and O–H groups in total. The van der Waals surface area contributed by atoms with Gasteiger partial charge in [-0.2, -0.15) is 8.42 Å². The fraction of sp³-hybridized carbons (Fsp3) is 0.936. The first-order chi connectivity index (χ1) is 26.3. The molecule has 0 aliphatic heterocycles. The van der Waals surface area contributed by atoms with E-state index in [-0.39, 0.29) is 5.91 Å². The average molecular weight is 784 g/mol. The summed E-state index contributed by atoms with van der Waals surface area (Å²) < 4.78 is 32.6. The van der Waals surface area contributed by atoms with Crippen molar-refractivity contribution in [3.63, 3.8) is 0 Å². The molecule has 0 heterocycles. The van der Waals surface area contributed by atoms with Gasteiger partial charge in [0, 0.05) is 6.42 Å². The van der Waals surface area contributed by atoms with Crippen LogP contribution in [0.15, 0.2) is 12.2 Å². The van der Waals surface area contributed by atoms with Crippen LogP contribution in [-0.2, 0) is 14.9 Å². The van der Waals surface area contributed by atoms with E-state index in [2.05, 4.69) is 19.2 Å². The first-order valence-corrected chi connectivity index (χ1v) is 25.5. The van der Waals surface area contributed by atoms with Gasteiger partial charge >= 0.3 is 0 Å². The Hall–Kier alpha value is -0.920. The molecule has 0 bridgehead atoms. The number of carbonyl (C=O) groups is 1. The lowest BCUT2D eigenvalue weighted by Crippen LogP contribution is -2.46. The Morgan fingerprint density at radius 3 is 1.06 bits per heavy atom. The molecular formula is C47H93NO5S. The maximum atomic E-state index is 12.6. The van der Waals surface area contributed by atoms with Gasteiger partial charge in [0.2, 0.25) is 5.91 Å². The summed E-state index contributed by atoms with van der Waals surface area (Å²) in [5.41, 5.74) is 0. The summed E-state index contributed by atoms with van der Waals surface area (Å²) in [4.78, 5) is 12.6. The predicted octanol–water partition coefficient (Wildman–Crippen LogP) is 14.5. The molecule has 6 nitrogen and oxygen atoms in total. The van der Waals surface area contributed by atoms with Gasteiger partial charge in [0.1, 0.15) is 0 Å². The second-order valence-corrected chi connectivity index (χ2v) is 18.3. The molecule has 0 aliphatic rings. The Balaban J connectivity index is 3.79. The molecule has 7 heteroatoms. The number of aliphatic hydroxyl groups excluding tert-OH is 1. The molecule has 2 unspecified atom stereocenters. The molecule has 0 spiro atoms. The van der Waals surface area contributed by atoms with Crippen molar-refractivity contribution in [3.8, 4) is 0 Å². The molecule has 0 saturated carbocycles. The van der Waals surface area contributed by atoms with Crippen molar-refractivity contribution in [2.75, 3.05) is 5.75 Å². The summed E-state index contributed by atoms with van der Waals surface area (Å²) in [6.07, 6.45) is 52.1. The highest BCUT2D eigenvalue weighted by molar-refractivity contribution is 7.85. The van der Waals surface area contributed by atoms with E-state index < -0.39 is 28.0 Å². The van der Waals surface area contributed by atoms with Crippen LogP contribution >= 0.6 is 0 Å². The predicted molar refractivity (Wildman–Crippen MR) is 235 cm³/mol. The number of hydrogen-bond acceptors (Lipinski definition) is 4.